The fourth-order valence-corrected chi connectivity index (χ4v) is 3.55. The normalized spacial score (nSPS) is 19.0. The average molecular weight is 380 g/mol. The Hall–Kier alpha value is -3.08. The third kappa shape index (κ3) is 4.09. The van der Waals surface area contributed by atoms with E-state index in [2.05, 4.69) is 0 Å². The van der Waals surface area contributed by atoms with Crippen molar-refractivity contribution in [3.05, 3.63) is 65.7 Å². The monoisotopic (exact) mass is 380 g/mol. The molecule has 0 spiro atoms. The molecule has 0 aromatic heterocycles. The lowest BCUT2D eigenvalue weighted by Crippen LogP contribution is -2.34. The van der Waals surface area contributed by atoms with E-state index in [9.17, 15) is 9.59 Å². The predicted octanol–water partition coefficient (Wildman–Crippen LogP) is 4.02. The van der Waals surface area contributed by atoms with Crippen molar-refractivity contribution < 1.29 is 23.8 Å². The van der Waals surface area contributed by atoms with Crippen LogP contribution in [-0.4, -0.2) is 32.6 Å². The Morgan fingerprint density at radius 3 is 2.07 bits per heavy atom. The molecule has 146 valence electrons. The number of methoxy groups -OCH3 is 2. The molecule has 3 rings (SSSR count). The summed E-state index contributed by atoms with van der Waals surface area (Å²) in [5.74, 6) is -0.350. The summed E-state index contributed by atoms with van der Waals surface area (Å²) in [7, 11) is 3.22. The molecule has 0 heterocycles. The minimum atomic E-state index is -0.838. The van der Waals surface area contributed by atoms with Gasteiger partial charge in [-0.3, -0.25) is 9.59 Å². The average Bonchev–Trinajstić information content (AvgIpc) is 2.73. The van der Waals surface area contributed by atoms with Crippen LogP contribution in [-0.2, 0) is 14.3 Å². The molecule has 0 aliphatic heterocycles. The number of carbonyl (C=O) groups excluding carboxylic acids is 2. The van der Waals surface area contributed by atoms with Crippen molar-refractivity contribution >= 4 is 17.3 Å². The summed E-state index contributed by atoms with van der Waals surface area (Å²) in [5.41, 5.74) is 2.75. The lowest BCUT2D eigenvalue weighted by molar-refractivity contribution is -0.151. The molecule has 2 atom stereocenters. The summed E-state index contributed by atoms with van der Waals surface area (Å²) >= 11 is 0. The standard InChI is InChI=1S/C23H24O5/c1-4-28-23(25)22-20(16-7-11-19(27-3)12-8-16)13-17(14-21(22)24)15-5-9-18(26-2)10-6-15/h5-12,14,20,22H,4,13H2,1-3H3/t20-,22-/m1/s1. The molecule has 2 aromatic rings. The Labute approximate surface area is 164 Å². The highest BCUT2D eigenvalue weighted by Gasteiger charge is 2.39. The van der Waals surface area contributed by atoms with E-state index in [0.29, 0.717) is 6.42 Å². The van der Waals surface area contributed by atoms with Gasteiger partial charge in [-0.2, -0.15) is 0 Å². The van der Waals surface area contributed by atoms with Gasteiger partial charge in [0.15, 0.2) is 5.78 Å². The van der Waals surface area contributed by atoms with Crippen molar-refractivity contribution in [1.82, 2.24) is 0 Å². The molecule has 0 bridgehead atoms. The van der Waals surface area contributed by atoms with E-state index in [1.165, 1.54) is 0 Å². The number of rotatable bonds is 6. The van der Waals surface area contributed by atoms with Crippen molar-refractivity contribution in [1.29, 1.82) is 0 Å². The number of esters is 1. The lowest BCUT2D eigenvalue weighted by Gasteiger charge is -2.29. The number of allylic oxidation sites excluding steroid dienone is 2. The molecular weight excluding hydrogens is 356 g/mol. The summed E-state index contributed by atoms with van der Waals surface area (Å²) in [6.45, 7) is 1.99. The van der Waals surface area contributed by atoms with E-state index in [-0.39, 0.29) is 18.3 Å². The molecule has 0 radical (unpaired) electrons. The van der Waals surface area contributed by atoms with Gasteiger partial charge in [-0.05, 0) is 60.4 Å². The summed E-state index contributed by atoms with van der Waals surface area (Å²) in [5, 5.41) is 0. The first-order chi connectivity index (χ1) is 13.6. The van der Waals surface area contributed by atoms with Crippen molar-refractivity contribution in [2.45, 2.75) is 19.3 Å². The third-order valence-corrected chi connectivity index (χ3v) is 5.01. The zero-order chi connectivity index (χ0) is 20.1. The number of ketones is 1. The quantitative estimate of drug-likeness (QED) is 0.559. The third-order valence-electron chi connectivity index (χ3n) is 5.01. The molecule has 0 N–H and O–H groups in total. The molecule has 1 aliphatic rings. The second-order valence-corrected chi connectivity index (χ2v) is 6.61. The van der Waals surface area contributed by atoms with E-state index < -0.39 is 11.9 Å². The summed E-state index contributed by atoms with van der Waals surface area (Å²) in [4.78, 5) is 25.4. The molecule has 0 fully saturated rings. The molecule has 0 amide bonds. The second kappa shape index (κ2) is 8.74. The largest absolute Gasteiger partial charge is 0.497 e. The van der Waals surface area contributed by atoms with E-state index in [0.717, 1.165) is 28.2 Å². The highest BCUT2D eigenvalue weighted by molar-refractivity contribution is 6.10. The van der Waals surface area contributed by atoms with Gasteiger partial charge in [0, 0.05) is 5.92 Å². The van der Waals surface area contributed by atoms with Crippen LogP contribution in [0.15, 0.2) is 54.6 Å². The van der Waals surface area contributed by atoms with Gasteiger partial charge in [0.2, 0.25) is 0 Å². The Balaban J connectivity index is 1.98. The minimum absolute atomic E-state index is 0.226. The number of hydrogen-bond donors (Lipinski definition) is 0. The van der Waals surface area contributed by atoms with Crippen LogP contribution in [0.4, 0.5) is 0 Å². The first-order valence-electron chi connectivity index (χ1n) is 9.26. The molecule has 1 aliphatic carbocycles. The van der Waals surface area contributed by atoms with Gasteiger partial charge in [0.05, 0.1) is 20.8 Å². The van der Waals surface area contributed by atoms with Crippen LogP contribution in [0.3, 0.4) is 0 Å². The zero-order valence-electron chi connectivity index (χ0n) is 16.3. The molecular formula is C23H24O5. The molecule has 0 saturated carbocycles. The molecule has 28 heavy (non-hydrogen) atoms. The SMILES string of the molecule is CCOC(=O)[C@H]1C(=O)C=C(c2ccc(OC)cc2)C[C@@H]1c1ccc(OC)cc1. The number of ether oxygens (including phenoxy) is 3. The van der Waals surface area contributed by atoms with Crippen molar-refractivity contribution in [2.75, 3.05) is 20.8 Å². The van der Waals surface area contributed by atoms with Gasteiger partial charge in [0.25, 0.3) is 0 Å². The summed E-state index contributed by atoms with van der Waals surface area (Å²) < 4.78 is 15.6. The highest BCUT2D eigenvalue weighted by Crippen LogP contribution is 2.41. The summed E-state index contributed by atoms with van der Waals surface area (Å²) in [6.07, 6.45) is 2.14. The first-order valence-corrected chi connectivity index (χ1v) is 9.26. The van der Waals surface area contributed by atoms with E-state index in [1.807, 2.05) is 48.5 Å². The minimum Gasteiger partial charge on any atom is -0.497 e. The molecule has 0 saturated heterocycles. The van der Waals surface area contributed by atoms with Crippen molar-refractivity contribution in [2.24, 2.45) is 5.92 Å². The number of hydrogen-bond acceptors (Lipinski definition) is 5. The van der Waals surface area contributed by atoms with Crippen LogP contribution in [0.5, 0.6) is 11.5 Å². The fraction of sp³-hybridized carbons (Fsp3) is 0.304. The Morgan fingerprint density at radius 2 is 1.54 bits per heavy atom. The number of carbonyl (C=O) groups is 2. The summed E-state index contributed by atoms with van der Waals surface area (Å²) in [6, 6.07) is 15.1. The van der Waals surface area contributed by atoms with Crippen LogP contribution >= 0.6 is 0 Å². The Morgan fingerprint density at radius 1 is 0.964 bits per heavy atom. The van der Waals surface area contributed by atoms with Gasteiger partial charge in [-0.1, -0.05) is 24.3 Å². The maximum Gasteiger partial charge on any atom is 0.317 e. The van der Waals surface area contributed by atoms with Gasteiger partial charge >= 0.3 is 5.97 Å². The molecule has 2 aromatic carbocycles. The van der Waals surface area contributed by atoms with Gasteiger partial charge in [-0.25, -0.2) is 0 Å². The van der Waals surface area contributed by atoms with Crippen molar-refractivity contribution in [3.8, 4) is 11.5 Å². The maximum absolute atomic E-state index is 12.9. The van der Waals surface area contributed by atoms with E-state index >= 15 is 0 Å². The van der Waals surface area contributed by atoms with Gasteiger partial charge in [-0.15, -0.1) is 0 Å². The zero-order valence-corrected chi connectivity index (χ0v) is 16.3. The predicted molar refractivity (Wildman–Crippen MR) is 106 cm³/mol. The van der Waals surface area contributed by atoms with Gasteiger partial charge < -0.3 is 14.2 Å². The maximum atomic E-state index is 12.9. The second-order valence-electron chi connectivity index (χ2n) is 6.61. The Kier molecular flexibility index (Phi) is 6.14. The fourth-order valence-electron chi connectivity index (χ4n) is 3.55. The molecule has 5 nitrogen and oxygen atoms in total. The van der Waals surface area contributed by atoms with Crippen molar-refractivity contribution in [3.63, 3.8) is 0 Å². The van der Waals surface area contributed by atoms with E-state index in [1.54, 1.807) is 27.2 Å². The molecule has 5 heteroatoms. The van der Waals surface area contributed by atoms with Gasteiger partial charge in [0.1, 0.15) is 17.4 Å². The smallest absolute Gasteiger partial charge is 0.317 e. The Bertz CT molecular complexity index is 865. The van der Waals surface area contributed by atoms with Crippen LogP contribution in [0, 0.1) is 5.92 Å². The molecule has 0 unspecified atom stereocenters. The van der Waals surface area contributed by atoms with Crippen LogP contribution in [0.1, 0.15) is 30.4 Å². The first kappa shape index (κ1) is 19.7. The number of benzene rings is 2. The van der Waals surface area contributed by atoms with Crippen LogP contribution in [0.2, 0.25) is 0 Å². The van der Waals surface area contributed by atoms with Crippen LogP contribution in [0.25, 0.3) is 5.57 Å². The van der Waals surface area contributed by atoms with E-state index in [4.69, 9.17) is 14.2 Å². The lowest BCUT2D eigenvalue weighted by atomic mass is 9.73. The highest BCUT2D eigenvalue weighted by atomic mass is 16.5. The van der Waals surface area contributed by atoms with Crippen LogP contribution < -0.4 is 9.47 Å². The topological polar surface area (TPSA) is 61.8 Å².